The van der Waals surface area contributed by atoms with Gasteiger partial charge in [-0.05, 0) is 0 Å². The summed E-state index contributed by atoms with van der Waals surface area (Å²) >= 11 is 2.69. The summed E-state index contributed by atoms with van der Waals surface area (Å²) in [5.41, 5.74) is 0.110. The Morgan fingerprint density at radius 3 is 2.94 bits per heavy atom. The number of carboxylic acids is 1. The van der Waals surface area contributed by atoms with Gasteiger partial charge in [-0.3, -0.25) is 0 Å². The van der Waals surface area contributed by atoms with Crippen molar-refractivity contribution in [3.63, 3.8) is 0 Å². The largest absolute Gasteiger partial charge is 0.476 e. The van der Waals surface area contributed by atoms with Crippen molar-refractivity contribution in [2.45, 2.75) is 19.8 Å². The molecule has 96 valence electrons. The zero-order valence-electron chi connectivity index (χ0n) is 9.71. The molecule has 6 nitrogen and oxygen atoms in total. The molecule has 0 aliphatic carbocycles. The van der Waals surface area contributed by atoms with Crippen LogP contribution in [-0.4, -0.2) is 32.0 Å². The lowest BCUT2D eigenvalue weighted by Gasteiger charge is -1.98. The molecule has 18 heavy (non-hydrogen) atoms. The second kappa shape index (κ2) is 5.87. The van der Waals surface area contributed by atoms with Gasteiger partial charge in [-0.15, -0.1) is 11.3 Å². The van der Waals surface area contributed by atoms with Crippen molar-refractivity contribution < 1.29 is 9.90 Å². The molecule has 0 atom stereocenters. The molecule has 0 radical (unpaired) electrons. The van der Waals surface area contributed by atoms with Crippen molar-refractivity contribution in [2.75, 3.05) is 11.9 Å². The Morgan fingerprint density at radius 1 is 1.50 bits per heavy atom. The van der Waals surface area contributed by atoms with E-state index in [9.17, 15) is 4.79 Å². The topological polar surface area (TPSA) is 88.0 Å². The molecule has 2 heterocycles. The maximum absolute atomic E-state index is 10.7. The van der Waals surface area contributed by atoms with Crippen LogP contribution in [0.3, 0.4) is 0 Å². The molecule has 8 heteroatoms. The van der Waals surface area contributed by atoms with Crippen LogP contribution >= 0.6 is 22.9 Å². The lowest BCUT2D eigenvalue weighted by atomic mass is 10.4. The van der Waals surface area contributed by atoms with Crippen LogP contribution in [0.5, 0.6) is 0 Å². The summed E-state index contributed by atoms with van der Waals surface area (Å²) in [4.78, 5) is 18.9. The summed E-state index contributed by atoms with van der Waals surface area (Å²) in [5, 5.41) is 15.0. The van der Waals surface area contributed by atoms with E-state index in [2.05, 4.69) is 19.7 Å². The summed E-state index contributed by atoms with van der Waals surface area (Å²) in [5.74, 6) is -0.146. The molecule has 2 rings (SSSR count). The smallest absolute Gasteiger partial charge is 0.355 e. The molecular formula is C10H12N4O2S2. The highest BCUT2D eigenvalue weighted by Gasteiger charge is 2.08. The predicted octanol–water partition coefficient (Wildman–Crippen LogP) is 1.91. The van der Waals surface area contributed by atoms with E-state index in [1.54, 1.807) is 5.38 Å². The number of anilines is 1. The van der Waals surface area contributed by atoms with E-state index < -0.39 is 5.97 Å². The minimum absolute atomic E-state index is 0.110. The number of nitrogens with one attached hydrogen (secondary N) is 1. The molecule has 2 aromatic heterocycles. The number of aryl methyl sites for hydroxylation is 1. The Bertz CT molecular complexity index is 537. The number of thiazole rings is 1. The van der Waals surface area contributed by atoms with Crippen LogP contribution in [0.25, 0.3) is 0 Å². The number of hydrogen-bond donors (Lipinski definition) is 2. The van der Waals surface area contributed by atoms with E-state index >= 15 is 0 Å². The maximum Gasteiger partial charge on any atom is 0.355 e. The zero-order chi connectivity index (χ0) is 13.0. The van der Waals surface area contributed by atoms with Crippen LogP contribution < -0.4 is 5.32 Å². The molecule has 0 unspecified atom stereocenters. The molecule has 0 aliphatic heterocycles. The number of aromatic carboxylic acids is 1. The zero-order valence-corrected chi connectivity index (χ0v) is 11.3. The van der Waals surface area contributed by atoms with Gasteiger partial charge in [-0.1, -0.05) is 6.92 Å². The monoisotopic (exact) mass is 284 g/mol. The normalized spacial score (nSPS) is 10.5. The van der Waals surface area contributed by atoms with Crippen LogP contribution in [-0.2, 0) is 12.8 Å². The van der Waals surface area contributed by atoms with E-state index in [0.717, 1.165) is 22.4 Å². The van der Waals surface area contributed by atoms with Crippen molar-refractivity contribution in [3.05, 3.63) is 21.9 Å². The lowest BCUT2D eigenvalue weighted by Crippen LogP contribution is -2.05. The molecule has 0 spiro atoms. The van der Waals surface area contributed by atoms with Crippen LogP contribution in [0.1, 0.15) is 28.2 Å². The first-order valence-electron chi connectivity index (χ1n) is 5.43. The van der Waals surface area contributed by atoms with Gasteiger partial charge in [0.1, 0.15) is 5.82 Å². The average molecular weight is 284 g/mol. The number of carboxylic acid groups (broad SMARTS) is 1. The van der Waals surface area contributed by atoms with Gasteiger partial charge in [0.05, 0.1) is 5.01 Å². The van der Waals surface area contributed by atoms with Gasteiger partial charge in [0.25, 0.3) is 0 Å². The van der Waals surface area contributed by atoms with Crippen LogP contribution in [0, 0.1) is 0 Å². The summed E-state index contributed by atoms with van der Waals surface area (Å²) in [7, 11) is 0. The maximum atomic E-state index is 10.7. The lowest BCUT2D eigenvalue weighted by molar-refractivity contribution is 0.0691. The van der Waals surface area contributed by atoms with Crippen molar-refractivity contribution in [1.82, 2.24) is 14.3 Å². The van der Waals surface area contributed by atoms with Gasteiger partial charge in [0.2, 0.25) is 5.13 Å². The predicted molar refractivity (Wildman–Crippen MR) is 70.6 cm³/mol. The van der Waals surface area contributed by atoms with Gasteiger partial charge in [0.15, 0.2) is 5.69 Å². The molecule has 2 aromatic rings. The van der Waals surface area contributed by atoms with Gasteiger partial charge in [-0.2, -0.15) is 4.37 Å². The van der Waals surface area contributed by atoms with Crippen LogP contribution in [0.4, 0.5) is 5.13 Å². The molecule has 0 aromatic carbocycles. The van der Waals surface area contributed by atoms with Gasteiger partial charge < -0.3 is 10.4 Å². The van der Waals surface area contributed by atoms with Crippen LogP contribution in [0.15, 0.2) is 5.38 Å². The van der Waals surface area contributed by atoms with Crippen molar-refractivity contribution >= 4 is 34.0 Å². The molecule has 0 amide bonds. The molecular weight excluding hydrogens is 272 g/mol. The van der Waals surface area contributed by atoms with Crippen molar-refractivity contribution in [1.29, 1.82) is 0 Å². The summed E-state index contributed by atoms with van der Waals surface area (Å²) in [6.07, 6.45) is 1.51. The fourth-order valence-corrected chi connectivity index (χ4v) is 2.72. The Balaban J connectivity index is 1.82. The second-order valence-electron chi connectivity index (χ2n) is 3.48. The minimum atomic E-state index is -0.984. The molecule has 2 N–H and O–H groups in total. The highest BCUT2D eigenvalue weighted by Crippen LogP contribution is 2.13. The Labute approximate surface area is 112 Å². The quantitative estimate of drug-likeness (QED) is 0.842. The van der Waals surface area contributed by atoms with Gasteiger partial charge in [-0.25, -0.2) is 14.8 Å². The number of rotatable bonds is 6. The number of hydrogen-bond acceptors (Lipinski definition) is 7. The third kappa shape index (κ3) is 3.23. The SMILES string of the molecule is CCc1nsc(NCCc2nc(C(=O)O)cs2)n1. The second-order valence-corrected chi connectivity index (χ2v) is 5.17. The first kappa shape index (κ1) is 12.9. The Morgan fingerprint density at radius 2 is 2.33 bits per heavy atom. The van der Waals surface area contributed by atoms with E-state index in [4.69, 9.17) is 5.11 Å². The minimum Gasteiger partial charge on any atom is -0.476 e. The highest BCUT2D eigenvalue weighted by atomic mass is 32.1. The highest BCUT2D eigenvalue weighted by molar-refractivity contribution is 7.10. The summed E-state index contributed by atoms with van der Waals surface area (Å²) in [6.45, 7) is 2.68. The van der Waals surface area contributed by atoms with Crippen LogP contribution in [0.2, 0.25) is 0 Å². The fraction of sp³-hybridized carbons (Fsp3) is 0.400. The third-order valence-electron chi connectivity index (χ3n) is 2.17. The fourth-order valence-electron chi connectivity index (χ4n) is 1.27. The Hall–Kier alpha value is -1.54. The number of nitrogens with zero attached hydrogens (tertiary/aromatic N) is 3. The number of carbonyl (C=O) groups is 1. The molecule has 0 aliphatic rings. The van der Waals surface area contributed by atoms with Crippen molar-refractivity contribution in [3.8, 4) is 0 Å². The standard InChI is InChI=1S/C10H12N4O2S2/c1-2-7-13-10(18-14-7)11-4-3-8-12-6(5-17-8)9(15)16/h5H,2-4H2,1H3,(H,15,16)(H,11,13,14). The summed E-state index contributed by atoms with van der Waals surface area (Å²) in [6, 6.07) is 0. The molecule has 0 bridgehead atoms. The first-order chi connectivity index (χ1) is 8.69. The van der Waals surface area contributed by atoms with E-state index in [1.165, 1.54) is 22.9 Å². The number of aromatic nitrogens is 3. The Kier molecular flexibility index (Phi) is 4.21. The van der Waals surface area contributed by atoms with E-state index in [-0.39, 0.29) is 5.69 Å². The summed E-state index contributed by atoms with van der Waals surface area (Å²) < 4.78 is 4.16. The van der Waals surface area contributed by atoms with E-state index in [1.807, 2.05) is 6.92 Å². The molecule has 0 fully saturated rings. The molecule has 0 saturated heterocycles. The molecule has 0 saturated carbocycles. The van der Waals surface area contributed by atoms with Crippen molar-refractivity contribution in [2.24, 2.45) is 0 Å². The average Bonchev–Trinajstić information content (AvgIpc) is 2.97. The van der Waals surface area contributed by atoms with E-state index in [0.29, 0.717) is 13.0 Å². The van der Waals surface area contributed by atoms with Gasteiger partial charge >= 0.3 is 5.97 Å². The third-order valence-corrected chi connectivity index (χ3v) is 3.79. The van der Waals surface area contributed by atoms with Gasteiger partial charge in [0, 0.05) is 36.3 Å². The first-order valence-corrected chi connectivity index (χ1v) is 7.08.